The van der Waals surface area contributed by atoms with Gasteiger partial charge in [0.2, 0.25) is 0 Å². The molecule has 0 saturated carbocycles. The van der Waals surface area contributed by atoms with Crippen LogP contribution in [0.15, 0.2) is 76.3 Å². The van der Waals surface area contributed by atoms with E-state index in [0.29, 0.717) is 28.4 Å². The van der Waals surface area contributed by atoms with Crippen LogP contribution in [0.1, 0.15) is 36.2 Å². The summed E-state index contributed by atoms with van der Waals surface area (Å²) in [6, 6.07) is 20.2. The van der Waals surface area contributed by atoms with Crippen LogP contribution in [0.25, 0.3) is 27.0 Å². The van der Waals surface area contributed by atoms with Crippen molar-refractivity contribution < 1.29 is 14.3 Å². The fourth-order valence-electron chi connectivity index (χ4n) is 4.40. The number of hydrogen-bond donors (Lipinski definition) is 0. The van der Waals surface area contributed by atoms with E-state index in [9.17, 15) is 14.4 Å². The lowest BCUT2D eigenvalue weighted by Crippen LogP contribution is -2.40. The molecule has 5 rings (SSSR count). The Hall–Kier alpha value is -5.38. The molecule has 0 spiro atoms. The number of esters is 1. The van der Waals surface area contributed by atoms with E-state index in [0.717, 1.165) is 25.8 Å². The molecule has 8 nitrogen and oxygen atoms in total. The Morgan fingerprint density at radius 2 is 1.64 bits per heavy atom. The monoisotopic (exact) mass is 619 g/mol. The van der Waals surface area contributed by atoms with Crippen molar-refractivity contribution in [2.45, 2.75) is 40.2 Å². The molecular formula is C36H33N3O5S. The molecule has 2 heterocycles. The predicted molar refractivity (Wildman–Crippen MR) is 179 cm³/mol. The number of hydrogen-bond acceptors (Lipinski definition) is 7. The first kappa shape index (κ1) is 32.5. The van der Waals surface area contributed by atoms with E-state index in [1.807, 2.05) is 56.3 Å². The summed E-state index contributed by atoms with van der Waals surface area (Å²) < 4.78 is 19.3. The summed E-state index contributed by atoms with van der Waals surface area (Å²) in [4.78, 5) is 38.1. The summed E-state index contributed by atoms with van der Waals surface area (Å²) in [7, 11) is 1.62. The number of ether oxygens (including phenoxy) is 2. The van der Waals surface area contributed by atoms with Crippen LogP contribution in [0.2, 0.25) is 0 Å². The molecule has 3 aromatic carbocycles. The summed E-state index contributed by atoms with van der Waals surface area (Å²) >= 11 is 1.29. The Balaban J connectivity index is 0.000000440. The van der Waals surface area contributed by atoms with Gasteiger partial charge in [0, 0.05) is 35.3 Å². The predicted octanol–water partition coefficient (Wildman–Crippen LogP) is 5.74. The zero-order valence-corrected chi connectivity index (χ0v) is 26.8. The van der Waals surface area contributed by atoms with Gasteiger partial charge in [0.05, 0.1) is 16.1 Å². The lowest BCUT2D eigenvalue weighted by Gasteiger charge is -2.25. The first-order valence-corrected chi connectivity index (χ1v) is 14.8. The van der Waals surface area contributed by atoms with Crippen molar-refractivity contribution >= 4 is 27.6 Å². The van der Waals surface area contributed by atoms with Crippen LogP contribution in [0, 0.1) is 45.5 Å². The maximum absolute atomic E-state index is 12.9. The topological polar surface area (TPSA) is 92.4 Å². The zero-order valence-electron chi connectivity index (χ0n) is 26.0. The second-order valence-electron chi connectivity index (χ2n) is 10.9. The lowest BCUT2D eigenvalue weighted by atomic mass is 10.0. The van der Waals surface area contributed by atoms with E-state index in [1.54, 1.807) is 46.0 Å². The van der Waals surface area contributed by atoms with Gasteiger partial charge >= 0.3 is 11.7 Å². The van der Waals surface area contributed by atoms with Crippen LogP contribution in [-0.2, 0) is 16.6 Å². The second-order valence-corrected chi connectivity index (χ2v) is 11.7. The van der Waals surface area contributed by atoms with E-state index in [4.69, 9.17) is 22.3 Å². The van der Waals surface area contributed by atoms with Crippen molar-refractivity contribution in [1.82, 2.24) is 13.5 Å². The Morgan fingerprint density at radius 3 is 2.31 bits per heavy atom. The van der Waals surface area contributed by atoms with Crippen LogP contribution >= 0.6 is 11.5 Å². The number of terminal acetylenes is 2. The van der Waals surface area contributed by atoms with Gasteiger partial charge in [-0.2, -0.15) is 4.37 Å². The maximum Gasteiger partial charge on any atom is 0.350 e. The Bertz CT molecular complexity index is 2090. The zero-order chi connectivity index (χ0) is 32.9. The molecule has 0 unspecified atom stereocenters. The highest BCUT2D eigenvalue weighted by Crippen LogP contribution is 2.39. The Kier molecular flexibility index (Phi) is 9.76. The molecule has 0 fully saturated rings. The molecule has 2 aromatic heterocycles. The van der Waals surface area contributed by atoms with Gasteiger partial charge in [0.25, 0.3) is 5.56 Å². The second kappa shape index (κ2) is 13.5. The number of nitrogens with zero attached hydrogens (tertiary/aromatic N) is 3. The van der Waals surface area contributed by atoms with Gasteiger partial charge in [0.15, 0.2) is 12.2 Å². The molecule has 9 heteroatoms. The molecule has 0 bridgehead atoms. The smallest absolute Gasteiger partial charge is 0.350 e. The van der Waals surface area contributed by atoms with Gasteiger partial charge in [-0.1, -0.05) is 41.2 Å². The van der Waals surface area contributed by atoms with Gasteiger partial charge < -0.3 is 14.0 Å². The molecule has 0 N–H and O–H groups in total. The van der Waals surface area contributed by atoms with Crippen molar-refractivity contribution in [3.63, 3.8) is 0 Å². The van der Waals surface area contributed by atoms with Crippen LogP contribution in [-0.4, -0.2) is 31.7 Å². The van der Waals surface area contributed by atoms with Crippen LogP contribution in [0.4, 0.5) is 0 Å². The number of rotatable bonds is 6. The molecular weight excluding hydrogens is 586 g/mol. The quantitative estimate of drug-likeness (QED) is 0.178. The van der Waals surface area contributed by atoms with Gasteiger partial charge in [-0.05, 0) is 88.6 Å². The highest BCUT2D eigenvalue weighted by Gasteiger charge is 2.33. The molecule has 45 heavy (non-hydrogen) atoms. The average molecular weight is 620 g/mol. The summed E-state index contributed by atoms with van der Waals surface area (Å²) in [6.45, 7) is 8.75. The molecule has 0 aliphatic rings. The number of carbonyl (C=O) groups is 1. The normalized spacial score (nSPS) is 10.8. The molecule has 5 aromatic rings. The van der Waals surface area contributed by atoms with Gasteiger partial charge in [-0.25, -0.2) is 14.2 Å². The first-order valence-electron chi connectivity index (χ1n) is 14.0. The third-order valence-electron chi connectivity index (χ3n) is 7.02. The van der Waals surface area contributed by atoms with E-state index < -0.39 is 22.8 Å². The summed E-state index contributed by atoms with van der Waals surface area (Å²) in [5, 5.41) is 0.746. The fraction of sp³-hybridized carbons (Fsp3) is 0.222. The van der Waals surface area contributed by atoms with Gasteiger partial charge in [-0.15, -0.1) is 12.8 Å². The van der Waals surface area contributed by atoms with E-state index in [-0.39, 0.29) is 6.61 Å². The van der Waals surface area contributed by atoms with Crippen LogP contribution in [0.5, 0.6) is 5.75 Å². The molecule has 0 aliphatic carbocycles. The Labute approximate surface area is 266 Å². The molecule has 0 aliphatic heterocycles. The first-order chi connectivity index (χ1) is 21.4. The van der Waals surface area contributed by atoms with Crippen molar-refractivity contribution in [2.24, 2.45) is 7.05 Å². The molecule has 0 saturated heterocycles. The van der Waals surface area contributed by atoms with Gasteiger partial charge in [0.1, 0.15) is 5.75 Å². The Morgan fingerprint density at radius 1 is 0.956 bits per heavy atom. The van der Waals surface area contributed by atoms with Crippen molar-refractivity contribution in [3.8, 4) is 47.4 Å². The molecule has 0 radical (unpaired) electrons. The SMILES string of the molecule is C#CCOC(=O)C(C)(C)Oc1ccc(C)cc1-c1nsc2ccc(-n3c(=O)cc(C)n(C)c3=O)cc12.C#Cc1ccc(C)cc1. The minimum absolute atomic E-state index is 0.149. The van der Waals surface area contributed by atoms with Crippen molar-refractivity contribution in [2.75, 3.05) is 6.61 Å². The number of carbonyl (C=O) groups excluding carboxylic acids is 1. The molecule has 228 valence electrons. The van der Waals surface area contributed by atoms with E-state index in [2.05, 4.69) is 16.2 Å². The number of fused-ring (bicyclic) bond motifs is 1. The van der Waals surface area contributed by atoms with Gasteiger partial charge in [-0.3, -0.25) is 4.79 Å². The number of aryl methyl sites for hydroxylation is 3. The van der Waals surface area contributed by atoms with E-state index in [1.165, 1.54) is 27.7 Å². The number of aromatic nitrogens is 3. The number of benzene rings is 3. The summed E-state index contributed by atoms with van der Waals surface area (Å²) in [5.41, 5.74) is 3.29. The minimum Gasteiger partial charge on any atom is -0.475 e. The standard InChI is InChI=1S/C27H25N3O5S.C9H8/c1-7-12-34-25(32)27(4,5)35-21-10-8-16(2)13-19(21)24-20-15-18(9-11-22(20)36-28-24)30-23(31)14-17(3)29(6)26(30)33;1-3-9-6-4-8(2)5-7-9/h1,8-11,13-15H,12H2,2-6H3;1,4-7H,2H3. The van der Waals surface area contributed by atoms with E-state index >= 15 is 0 Å². The molecule has 0 atom stereocenters. The fourth-order valence-corrected chi connectivity index (χ4v) is 5.17. The van der Waals surface area contributed by atoms with Crippen molar-refractivity contribution in [3.05, 3.63) is 110 Å². The summed E-state index contributed by atoms with van der Waals surface area (Å²) in [5.74, 6) is 4.67. The highest BCUT2D eigenvalue weighted by molar-refractivity contribution is 7.13. The maximum atomic E-state index is 12.9. The van der Waals surface area contributed by atoms with Crippen LogP contribution < -0.4 is 16.0 Å². The lowest BCUT2D eigenvalue weighted by molar-refractivity contribution is -0.157. The highest BCUT2D eigenvalue weighted by atomic mass is 32.1. The van der Waals surface area contributed by atoms with Crippen molar-refractivity contribution in [1.29, 1.82) is 0 Å². The largest absolute Gasteiger partial charge is 0.475 e. The van der Waals surface area contributed by atoms with Crippen LogP contribution in [0.3, 0.4) is 0 Å². The third-order valence-corrected chi connectivity index (χ3v) is 7.85. The molecule has 0 amide bonds. The third kappa shape index (κ3) is 7.23. The summed E-state index contributed by atoms with van der Waals surface area (Å²) in [6.07, 6.45) is 10.4. The minimum atomic E-state index is -1.31. The average Bonchev–Trinajstić information content (AvgIpc) is 3.43.